The maximum absolute atomic E-state index is 13.2. The van der Waals surface area contributed by atoms with Crippen LogP contribution in [0.1, 0.15) is 66.9 Å². The molecule has 1 aromatic rings. The van der Waals surface area contributed by atoms with Gasteiger partial charge in [-0.05, 0) is 64.2 Å². The minimum atomic E-state index is -2.03. The summed E-state index contributed by atoms with van der Waals surface area (Å²) in [7, 11) is -2.03. The molecule has 1 saturated heterocycles. The zero-order valence-electron chi connectivity index (χ0n) is 22.4. The van der Waals surface area contributed by atoms with Gasteiger partial charge in [0.05, 0.1) is 12.1 Å². The molecule has 1 aliphatic heterocycles. The lowest BCUT2D eigenvalue weighted by Gasteiger charge is -2.45. The van der Waals surface area contributed by atoms with E-state index in [0.717, 1.165) is 12.0 Å². The molecule has 1 aliphatic rings. The van der Waals surface area contributed by atoms with Gasteiger partial charge in [0.25, 0.3) is 0 Å². The lowest BCUT2D eigenvalue weighted by atomic mass is 9.95. The number of nitrogens with zero attached hydrogens (tertiary/aromatic N) is 1. The summed E-state index contributed by atoms with van der Waals surface area (Å²) >= 11 is 0. The van der Waals surface area contributed by atoms with Crippen LogP contribution in [0.25, 0.3) is 0 Å². The number of carbonyl (C=O) groups excluding carboxylic acids is 2. The van der Waals surface area contributed by atoms with Gasteiger partial charge in [-0.15, -0.1) is 0 Å². The fourth-order valence-electron chi connectivity index (χ4n) is 3.80. The lowest BCUT2D eigenvalue weighted by molar-refractivity contribution is 0.0128. The highest BCUT2D eigenvalue weighted by atomic mass is 28.4. The molecule has 8 heteroatoms. The zero-order chi connectivity index (χ0) is 25.7. The third-order valence-electron chi connectivity index (χ3n) is 6.62. The van der Waals surface area contributed by atoms with E-state index in [9.17, 15) is 9.59 Å². The molecule has 0 aliphatic carbocycles. The fourth-order valence-corrected chi connectivity index (χ4v) is 5.24. The first-order valence-corrected chi connectivity index (χ1v) is 15.1. The van der Waals surface area contributed by atoms with Crippen LogP contribution in [0.15, 0.2) is 30.3 Å². The van der Waals surface area contributed by atoms with Crippen LogP contribution in [-0.4, -0.2) is 55.7 Å². The molecular formula is C26H44N2O5Si. The SMILES string of the molecule is C[C@@H](O[Si](C)(C)C(C)(C)C)[C@H]1CC[C@H](NC(=O)OC(C)(C)C)CN1C(=O)OCc1ccccc1. The molecule has 0 unspecified atom stereocenters. The van der Waals surface area contributed by atoms with Crippen molar-refractivity contribution in [2.24, 2.45) is 0 Å². The molecule has 0 bridgehead atoms. The summed E-state index contributed by atoms with van der Waals surface area (Å²) in [5.74, 6) is 0. The molecule has 2 rings (SSSR count). The molecule has 1 N–H and O–H groups in total. The summed E-state index contributed by atoms with van der Waals surface area (Å²) in [4.78, 5) is 27.3. The third kappa shape index (κ3) is 8.31. The van der Waals surface area contributed by atoms with Crippen LogP contribution < -0.4 is 5.32 Å². The summed E-state index contributed by atoms with van der Waals surface area (Å²) in [5.41, 5.74) is 0.347. The van der Waals surface area contributed by atoms with Crippen LogP contribution in [0, 0.1) is 0 Å². The number of benzene rings is 1. The normalized spacial score (nSPS) is 20.4. The summed E-state index contributed by atoms with van der Waals surface area (Å²) in [6.45, 7) is 19.1. The number of piperidine rings is 1. The monoisotopic (exact) mass is 492 g/mol. The van der Waals surface area contributed by atoms with Crippen molar-refractivity contribution in [2.75, 3.05) is 6.54 Å². The second-order valence-corrected chi connectivity index (χ2v) is 16.5. The molecule has 1 fully saturated rings. The summed E-state index contributed by atoms with van der Waals surface area (Å²) in [5, 5.41) is 2.99. The van der Waals surface area contributed by atoms with Gasteiger partial charge in [0, 0.05) is 12.6 Å². The fraction of sp³-hybridized carbons (Fsp3) is 0.692. The number of carbonyl (C=O) groups is 2. The number of rotatable bonds is 6. The van der Waals surface area contributed by atoms with Gasteiger partial charge in [-0.3, -0.25) is 0 Å². The number of amides is 2. The van der Waals surface area contributed by atoms with Crippen LogP contribution in [0.5, 0.6) is 0 Å². The highest BCUT2D eigenvalue weighted by Gasteiger charge is 2.43. The Morgan fingerprint density at radius 3 is 2.26 bits per heavy atom. The van der Waals surface area contributed by atoms with E-state index in [1.54, 1.807) is 4.90 Å². The summed E-state index contributed by atoms with van der Waals surface area (Å²) in [6, 6.07) is 9.28. The van der Waals surface area contributed by atoms with Gasteiger partial charge in [-0.1, -0.05) is 51.1 Å². The van der Waals surface area contributed by atoms with E-state index < -0.39 is 26.1 Å². The molecule has 192 valence electrons. The van der Waals surface area contributed by atoms with Gasteiger partial charge < -0.3 is 24.1 Å². The van der Waals surface area contributed by atoms with Crippen molar-refractivity contribution in [1.82, 2.24) is 10.2 Å². The molecule has 0 spiro atoms. The first kappa shape index (κ1) is 28.2. The minimum absolute atomic E-state index is 0.0649. The topological polar surface area (TPSA) is 77.1 Å². The van der Waals surface area contributed by atoms with E-state index in [0.29, 0.717) is 13.0 Å². The highest BCUT2D eigenvalue weighted by Crippen LogP contribution is 2.38. The number of hydrogen-bond donors (Lipinski definition) is 1. The van der Waals surface area contributed by atoms with Crippen LogP contribution in [0.2, 0.25) is 18.1 Å². The minimum Gasteiger partial charge on any atom is -0.445 e. The van der Waals surface area contributed by atoms with Crippen LogP contribution in [-0.2, 0) is 20.5 Å². The predicted molar refractivity (Wildman–Crippen MR) is 137 cm³/mol. The Morgan fingerprint density at radius 2 is 1.71 bits per heavy atom. The van der Waals surface area contributed by atoms with Crippen molar-refractivity contribution >= 4 is 20.5 Å². The number of ether oxygens (including phenoxy) is 2. The molecule has 1 aromatic carbocycles. The Balaban J connectivity index is 2.14. The van der Waals surface area contributed by atoms with E-state index in [1.807, 2.05) is 58.0 Å². The third-order valence-corrected chi connectivity index (χ3v) is 11.2. The van der Waals surface area contributed by atoms with E-state index in [4.69, 9.17) is 13.9 Å². The van der Waals surface area contributed by atoms with Gasteiger partial charge in [0.1, 0.15) is 12.2 Å². The van der Waals surface area contributed by atoms with Crippen molar-refractivity contribution in [3.05, 3.63) is 35.9 Å². The Labute approximate surface area is 206 Å². The van der Waals surface area contributed by atoms with Crippen molar-refractivity contribution in [3.63, 3.8) is 0 Å². The Bertz CT molecular complexity index is 817. The van der Waals surface area contributed by atoms with Crippen LogP contribution in [0.4, 0.5) is 9.59 Å². The smallest absolute Gasteiger partial charge is 0.410 e. The van der Waals surface area contributed by atoms with E-state index in [1.165, 1.54) is 0 Å². The summed E-state index contributed by atoms with van der Waals surface area (Å²) in [6.07, 6.45) is 0.427. The largest absolute Gasteiger partial charge is 0.445 e. The Hall–Kier alpha value is -2.06. The molecule has 2 amide bonds. The van der Waals surface area contributed by atoms with Crippen LogP contribution in [0.3, 0.4) is 0 Å². The van der Waals surface area contributed by atoms with E-state index in [2.05, 4.69) is 39.2 Å². The highest BCUT2D eigenvalue weighted by molar-refractivity contribution is 6.74. The number of hydrogen-bond acceptors (Lipinski definition) is 5. The van der Waals surface area contributed by atoms with E-state index >= 15 is 0 Å². The van der Waals surface area contributed by atoms with Gasteiger partial charge in [0.2, 0.25) is 0 Å². The maximum atomic E-state index is 13.2. The lowest BCUT2D eigenvalue weighted by Crippen LogP contribution is -2.59. The maximum Gasteiger partial charge on any atom is 0.410 e. The van der Waals surface area contributed by atoms with Gasteiger partial charge in [0.15, 0.2) is 8.32 Å². The summed E-state index contributed by atoms with van der Waals surface area (Å²) < 4.78 is 17.7. The molecule has 1 heterocycles. The van der Waals surface area contributed by atoms with Crippen molar-refractivity contribution in [1.29, 1.82) is 0 Å². The van der Waals surface area contributed by atoms with Gasteiger partial charge >= 0.3 is 12.2 Å². The quantitative estimate of drug-likeness (QED) is 0.486. The first-order chi connectivity index (χ1) is 15.6. The molecule has 0 radical (unpaired) electrons. The second kappa shape index (κ2) is 11.1. The molecule has 0 aromatic heterocycles. The predicted octanol–water partition coefficient (Wildman–Crippen LogP) is 6.09. The Morgan fingerprint density at radius 1 is 1.09 bits per heavy atom. The first-order valence-electron chi connectivity index (χ1n) is 12.2. The average Bonchev–Trinajstić information content (AvgIpc) is 2.70. The van der Waals surface area contributed by atoms with Crippen LogP contribution >= 0.6 is 0 Å². The van der Waals surface area contributed by atoms with Crippen molar-refractivity contribution < 1.29 is 23.5 Å². The standard InChI is InChI=1S/C26H44N2O5Si/c1-19(33-34(8,9)26(5,6)7)22-16-15-21(27-23(29)32-25(2,3)4)17-28(22)24(30)31-18-20-13-11-10-12-14-20/h10-14,19,21-22H,15-18H2,1-9H3,(H,27,29)/t19-,21+,22-/m1/s1. The molecular weight excluding hydrogens is 448 g/mol. The Kier molecular flexibility index (Phi) is 9.21. The molecule has 7 nitrogen and oxygen atoms in total. The molecule has 34 heavy (non-hydrogen) atoms. The van der Waals surface area contributed by atoms with Crippen molar-refractivity contribution in [3.8, 4) is 0 Å². The number of likely N-dealkylation sites (tertiary alicyclic amines) is 1. The van der Waals surface area contributed by atoms with Crippen molar-refractivity contribution in [2.45, 2.75) is 110 Å². The van der Waals surface area contributed by atoms with Gasteiger partial charge in [-0.2, -0.15) is 0 Å². The number of nitrogens with one attached hydrogen (secondary N) is 1. The number of alkyl carbamates (subject to hydrolysis) is 1. The zero-order valence-corrected chi connectivity index (χ0v) is 23.4. The molecule has 0 saturated carbocycles. The van der Waals surface area contributed by atoms with Gasteiger partial charge in [-0.25, -0.2) is 9.59 Å². The average molecular weight is 493 g/mol. The van der Waals surface area contributed by atoms with E-state index in [-0.39, 0.29) is 29.8 Å². The molecule has 3 atom stereocenters. The second-order valence-electron chi connectivity index (χ2n) is 11.8.